The molecule has 1 rings (SSSR count). The maximum atomic E-state index is 12.3. The fraction of sp³-hybridized carbons (Fsp3) is 0.667. The fourth-order valence-corrected chi connectivity index (χ4v) is 1.37. The Hall–Kier alpha value is -1.57. The van der Waals surface area contributed by atoms with Crippen molar-refractivity contribution in [1.82, 2.24) is 19.7 Å². The molecule has 1 unspecified atom stereocenters. The number of carbonyl (C=O) groups excluding carboxylic acids is 1. The number of aliphatic hydroxyl groups excluding tert-OH is 1. The Kier molecular flexibility index (Phi) is 4.95. The summed E-state index contributed by atoms with van der Waals surface area (Å²) in [6.07, 6.45) is -0.0385. The lowest BCUT2D eigenvalue weighted by atomic mass is 10.3. The molecule has 0 aliphatic carbocycles. The Balaban J connectivity index is 2.70. The molecule has 0 aromatic carbocycles. The van der Waals surface area contributed by atoms with Crippen LogP contribution in [0.2, 0.25) is 0 Å². The molecule has 0 saturated heterocycles. The first-order chi connectivity index (χ1) is 8.06. The molecule has 1 aromatic heterocycles. The van der Waals surface area contributed by atoms with Crippen LogP contribution in [0.3, 0.4) is 0 Å². The van der Waals surface area contributed by atoms with Gasteiger partial charge in [-0.1, -0.05) is 0 Å². The van der Waals surface area contributed by atoms with E-state index in [9.17, 15) is 13.6 Å². The summed E-state index contributed by atoms with van der Waals surface area (Å²) in [5.41, 5.74) is 0. The van der Waals surface area contributed by atoms with E-state index in [0.717, 1.165) is 4.90 Å². The van der Waals surface area contributed by atoms with E-state index >= 15 is 0 Å². The molecular formula is C9H14F2N4O2. The van der Waals surface area contributed by atoms with Crippen LogP contribution in [0.25, 0.3) is 0 Å². The molecule has 1 heterocycles. The third-order valence-electron chi connectivity index (χ3n) is 2.23. The van der Waals surface area contributed by atoms with E-state index in [1.807, 2.05) is 0 Å². The van der Waals surface area contributed by atoms with Gasteiger partial charge in [0, 0.05) is 6.54 Å². The lowest BCUT2D eigenvalue weighted by molar-refractivity contribution is -0.137. The van der Waals surface area contributed by atoms with Crippen LogP contribution >= 0.6 is 0 Å². The van der Waals surface area contributed by atoms with Crippen molar-refractivity contribution in [3.8, 4) is 0 Å². The second-order valence-corrected chi connectivity index (χ2v) is 3.45. The number of halogens is 2. The van der Waals surface area contributed by atoms with Gasteiger partial charge in [0.25, 0.3) is 6.43 Å². The van der Waals surface area contributed by atoms with Crippen molar-refractivity contribution in [3.05, 3.63) is 12.7 Å². The number of nitrogens with zero attached hydrogens (tertiary/aromatic N) is 4. The highest BCUT2D eigenvalue weighted by Crippen LogP contribution is 2.09. The Morgan fingerprint density at radius 1 is 1.59 bits per heavy atom. The van der Waals surface area contributed by atoms with Crippen molar-refractivity contribution in [2.75, 3.05) is 19.7 Å². The van der Waals surface area contributed by atoms with Crippen molar-refractivity contribution < 1.29 is 18.7 Å². The van der Waals surface area contributed by atoms with E-state index in [0.29, 0.717) is 0 Å². The fourth-order valence-electron chi connectivity index (χ4n) is 1.37. The van der Waals surface area contributed by atoms with Gasteiger partial charge in [0.05, 0.1) is 13.2 Å². The molecule has 96 valence electrons. The summed E-state index contributed by atoms with van der Waals surface area (Å²) < 4.78 is 25.8. The summed E-state index contributed by atoms with van der Waals surface area (Å²) in [6, 6.07) is -0.720. The minimum absolute atomic E-state index is 0.123. The third kappa shape index (κ3) is 3.74. The third-order valence-corrected chi connectivity index (χ3v) is 2.23. The summed E-state index contributed by atoms with van der Waals surface area (Å²) in [5, 5.41) is 12.5. The first kappa shape index (κ1) is 13.5. The summed E-state index contributed by atoms with van der Waals surface area (Å²) in [6.45, 7) is 0.357. The molecule has 0 spiro atoms. The minimum atomic E-state index is -2.63. The maximum absolute atomic E-state index is 12.3. The van der Waals surface area contributed by atoms with Crippen molar-refractivity contribution in [1.29, 1.82) is 0 Å². The van der Waals surface area contributed by atoms with E-state index in [4.69, 9.17) is 5.11 Å². The summed E-state index contributed by atoms with van der Waals surface area (Å²) in [5.74, 6) is -0.523. The van der Waals surface area contributed by atoms with E-state index < -0.39 is 24.9 Å². The predicted octanol–water partition coefficient (Wildman–Crippen LogP) is -0.0749. The van der Waals surface area contributed by atoms with Gasteiger partial charge in [0.15, 0.2) is 0 Å². The normalized spacial score (nSPS) is 12.8. The number of alkyl halides is 2. The highest BCUT2D eigenvalue weighted by molar-refractivity contribution is 5.79. The molecular weight excluding hydrogens is 234 g/mol. The molecule has 1 atom stereocenters. The van der Waals surface area contributed by atoms with Crippen LogP contribution in [-0.4, -0.2) is 56.8 Å². The highest BCUT2D eigenvalue weighted by atomic mass is 19.3. The molecule has 1 aromatic rings. The lowest BCUT2D eigenvalue weighted by Crippen LogP contribution is -2.41. The van der Waals surface area contributed by atoms with E-state index in [1.54, 1.807) is 0 Å². The van der Waals surface area contributed by atoms with Crippen LogP contribution in [0, 0.1) is 0 Å². The zero-order chi connectivity index (χ0) is 12.8. The van der Waals surface area contributed by atoms with Crippen LogP contribution in [0.4, 0.5) is 8.78 Å². The largest absolute Gasteiger partial charge is 0.395 e. The Bertz CT molecular complexity index is 345. The molecule has 1 amide bonds. The standard InChI is InChI=1S/C9H14F2N4O2/c1-7(15-6-12-5-13-15)9(17)14(2-3-16)4-8(10)11/h5-8,16H,2-4H2,1H3. The quantitative estimate of drug-likeness (QED) is 0.764. The predicted molar refractivity (Wildman–Crippen MR) is 54.4 cm³/mol. The van der Waals surface area contributed by atoms with Gasteiger partial charge in [-0.2, -0.15) is 5.10 Å². The Morgan fingerprint density at radius 2 is 2.29 bits per heavy atom. The van der Waals surface area contributed by atoms with Crippen LogP contribution in [0.1, 0.15) is 13.0 Å². The molecule has 0 fully saturated rings. The number of aromatic nitrogens is 3. The van der Waals surface area contributed by atoms with Gasteiger partial charge in [-0.15, -0.1) is 0 Å². The number of rotatable bonds is 6. The first-order valence-electron chi connectivity index (χ1n) is 5.08. The Labute approximate surface area is 96.9 Å². The maximum Gasteiger partial charge on any atom is 0.255 e. The number of carbonyl (C=O) groups is 1. The number of amides is 1. The first-order valence-corrected chi connectivity index (χ1v) is 5.08. The lowest BCUT2D eigenvalue weighted by Gasteiger charge is -2.24. The van der Waals surface area contributed by atoms with Gasteiger partial charge in [0.1, 0.15) is 18.7 Å². The molecule has 0 aliphatic rings. The van der Waals surface area contributed by atoms with Crippen molar-refractivity contribution in [2.24, 2.45) is 0 Å². The van der Waals surface area contributed by atoms with Gasteiger partial charge in [-0.25, -0.2) is 18.4 Å². The van der Waals surface area contributed by atoms with Crippen molar-refractivity contribution in [2.45, 2.75) is 19.4 Å². The molecule has 0 bridgehead atoms. The smallest absolute Gasteiger partial charge is 0.255 e. The van der Waals surface area contributed by atoms with Gasteiger partial charge in [-0.05, 0) is 6.92 Å². The number of hydrogen-bond acceptors (Lipinski definition) is 4. The number of hydrogen-bond donors (Lipinski definition) is 1. The molecule has 1 N–H and O–H groups in total. The summed E-state index contributed by atoms with van der Waals surface area (Å²) in [7, 11) is 0. The molecule has 0 aliphatic heterocycles. The molecule has 0 radical (unpaired) electrons. The molecule has 8 heteroatoms. The van der Waals surface area contributed by atoms with Gasteiger partial charge in [-0.3, -0.25) is 4.79 Å². The molecule has 0 saturated carbocycles. The zero-order valence-corrected chi connectivity index (χ0v) is 9.33. The van der Waals surface area contributed by atoms with Crippen LogP contribution in [-0.2, 0) is 4.79 Å². The van der Waals surface area contributed by atoms with E-state index in [1.165, 1.54) is 24.3 Å². The summed E-state index contributed by atoms with van der Waals surface area (Å²) in [4.78, 5) is 16.4. The molecule has 6 nitrogen and oxygen atoms in total. The second kappa shape index (κ2) is 6.24. The average Bonchev–Trinajstić information content (AvgIpc) is 2.79. The highest BCUT2D eigenvalue weighted by Gasteiger charge is 2.24. The molecule has 17 heavy (non-hydrogen) atoms. The van der Waals surface area contributed by atoms with E-state index in [-0.39, 0.29) is 13.2 Å². The van der Waals surface area contributed by atoms with Crippen LogP contribution in [0.15, 0.2) is 12.7 Å². The Morgan fingerprint density at radius 3 is 2.76 bits per heavy atom. The van der Waals surface area contributed by atoms with Gasteiger partial charge < -0.3 is 10.0 Å². The number of aliphatic hydroxyl groups is 1. The monoisotopic (exact) mass is 248 g/mol. The van der Waals surface area contributed by atoms with E-state index in [2.05, 4.69) is 10.1 Å². The second-order valence-electron chi connectivity index (χ2n) is 3.45. The van der Waals surface area contributed by atoms with Crippen LogP contribution < -0.4 is 0 Å². The van der Waals surface area contributed by atoms with Crippen LogP contribution in [0.5, 0.6) is 0 Å². The topological polar surface area (TPSA) is 71.2 Å². The van der Waals surface area contributed by atoms with Crippen molar-refractivity contribution >= 4 is 5.91 Å². The van der Waals surface area contributed by atoms with Crippen molar-refractivity contribution in [3.63, 3.8) is 0 Å². The zero-order valence-electron chi connectivity index (χ0n) is 9.33. The SMILES string of the molecule is CC(C(=O)N(CCO)CC(F)F)n1cncn1. The van der Waals surface area contributed by atoms with Gasteiger partial charge in [0.2, 0.25) is 5.91 Å². The summed E-state index contributed by atoms with van der Waals surface area (Å²) >= 11 is 0. The minimum Gasteiger partial charge on any atom is -0.395 e. The van der Waals surface area contributed by atoms with Gasteiger partial charge >= 0.3 is 0 Å². The average molecular weight is 248 g/mol.